The molecule has 0 saturated carbocycles. The second kappa shape index (κ2) is 5.06. The van der Waals surface area contributed by atoms with Crippen LogP contribution in [-0.4, -0.2) is 17.8 Å². The van der Waals surface area contributed by atoms with E-state index in [1.807, 2.05) is 0 Å². The van der Waals surface area contributed by atoms with Crippen LogP contribution in [0.15, 0.2) is 12.1 Å². The summed E-state index contributed by atoms with van der Waals surface area (Å²) in [6.45, 7) is 0.464. The number of rotatable bonds is 2. The maximum Gasteiger partial charge on any atom is 0.134 e. The first kappa shape index (κ1) is 12.4. The van der Waals surface area contributed by atoms with E-state index in [4.69, 9.17) is 4.74 Å². The van der Waals surface area contributed by atoms with Crippen molar-refractivity contribution in [1.29, 1.82) is 0 Å². The molecule has 2 atom stereocenters. The number of halogens is 3. The molecule has 1 aromatic carbocycles. The average molecular weight is 246 g/mol. The van der Waals surface area contributed by atoms with Gasteiger partial charge in [-0.05, 0) is 19.3 Å². The normalized spacial score (nSPS) is 22.5. The van der Waals surface area contributed by atoms with Crippen molar-refractivity contribution >= 4 is 0 Å². The summed E-state index contributed by atoms with van der Waals surface area (Å²) in [6.07, 6.45) is 0.232. The van der Waals surface area contributed by atoms with Crippen LogP contribution in [0.3, 0.4) is 0 Å². The van der Waals surface area contributed by atoms with Crippen molar-refractivity contribution in [3.63, 3.8) is 0 Å². The molecule has 1 heterocycles. The molecule has 1 N–H and O–H groups in total. The number of hydrogen-bond donors (Lipinski definition) is 1. The smallest absolute Gasteiger partial charge is 0.134 e. The molecule has 2 unspecified atom stereocenters. The van der Waals surface area contributed by atoms with Crippen LogP contribution in [0.1, 0.15) is 30.9 Å². The van der Waals surface area contributed by atoms with Crippen molar-refractivity contribution in [3.05, 3.63) is 35.1 Å². The van der Waals surface area contributed by atoms with E-state index in [-0.39, 0.29) is 0 Å². The average Bonchev–Trinajstić information content (AvgIpc) is 2.28. The lowest BCUT2D eigenvalue weighted by Crippen LogP contribution is -2.27. The minimum atomic E-state index is -1.39. The minimum Gasteiger partial charge on any atom is -0.385 e. The van der Waals surface area contributed by atoms with Gasteiger partial charge in [0.25, 0.3) is 0 Å². The summed E-state index contributed by atoms with van der Waals surface area (Å²) < 4.78 is 44.8. The highest BCUT2D eigenvalue weighted by atomic mass is 19.1. The molecule has 0 spiro atoms. The number of aliphatic hydroxyl groups is 1. The number of ether oxygens (including phenoxy) is 1. The summed E-state index contributed by atoms with van der Waals surface area (Å²) in [5.41, 5.74) is -0.515. The van der Waals surface area contributed by atoms with Crippen molar-refractivity contribution < 1.29 is 23.0 Å². The number of hydrogen-bond acceptors (Lipinski definition) is 2. The second-order valence-electron chi connectivity index (χ2n) is 4.13. The summed E-state index contributed by atoms with van der Waals surface area (Å²) in [6, 6.07) is 1.12. The monoisotopic (exact) mass is 246 g/mol. The van der Waals surface area contributed by atoms with Crippen molar-refractivity contribution in [2.75, 3.05) is 6.61 Å². The highest BCUT2D eigenvalue weighted by Gasteiger charge is 2.29. The van der Waals surface area contributed by atoms with Crippen molar-refractivity contribution in [1.82, 2.24) is 0 Å². The topological polar surface area (TPSA) is 29.5 Å². The zero-order valence-corrected chi connectivity index (χ0v) is 9.13. The molecule has 5 heteroatoms. The third-order valence-corrected chi connectivity index (χ3v) is 2.91. The molecule has 0 bridgehead atoms. The van der Waals surface area contributed by atoms with Gasteiger partial charge in [-0.15, -0.1) is 0 Å². The first-order valence-corrected chi connectivity index (χ1v) is 5.53. The summed E-state index contributed by atoms with van der Waals surface area (Å²) in [5.74, 6) is -3.16. The lowest BCUT2D eigenvalue weighted by Gasteiger charge is -2.27. The van der Waals surface area contributed by atoms with E-state index >= 15 is 0 Å². The van der Waals surface area contributed by atoms with E-state index in [1.54, 1.807) is 0 Å². The Hall–Kier alpha value is -1.07. The van der Waals surface area contributed by atoms with Crippen LogP contribution in [0, 0.1) is 17.5 Å². The molecule has 94 valence electrons. The number of aliphatic hydroxyl groups excluding tert-OH is 1. The van der Waals surface area contributed by atoms with Gasteiger partial charge in [0.1, 0.15) is 23.6 Å². The van der Waals surface area contributed by atoms with Gasteiger partial charge in [0, 0.05) is 18.7 Å². The van der Waals surface area contributed by atoms with E-state index in [0.717, 1.165) is 12.8 Å². The molecular formula is C12H13F3O2. The minimum absolute atomic E-state index is 0.464. The Kier molecular flexibility index (Phi) is 3.69. The first-order valence-electron chi connectivity index (χ1n) is 5.53. The van der Waals surface area contributed by atoms with Gasteiger partial charge in [0.2, 0.25) is 0 Å². The molecule has 0 radical (unpaired) electrons. The van der Waals surface area contributed by atoms with Crippen molar-refractivity contribution in [2.45, 2.75) is 31.5 Å². The zero-order valence-electron chi connectivity index (χ0n) is 9.13. The third kappa shape index (κ3) is 2.61. The predicted octanol–water partition coefficient (Wildman–Crippen LogP) is 2.71. The fraction of sp³-hybridized carbons (Fsp3) is 0.500. The van der Waals surface area contributed by atoms with Gasteiger partial charge in [-0.2, -0.15) is 0 Å². The third-order valence-electron chi connectivity index (χ3n) is 2.91. The molecule has 1 saturated heterocycles. The molecule has 1 aromatic rings. The summed E-state index contributed by atoms with van der Waals surface area (Å²) in [5, 5.41) is 9.87. The molecule has 1 aliphatic heterocycles. The van der Waals surface area contributed by atoms with E-state index in [9.17, 15) is 18.3 Å². The Labute approximate surface area is 97.0 Å². The maximum absolute atomic E-state index is 13.4. The van der Waals surface area contributed by atoms with Crippen LogP contribution < -0.4 is 0 Å². The van der Waals surface area contributed by atoms with Crippen molar-refractivity contribution in [3.8, 4) is 0 Å². The second-order valence-corrected chi connectivity index (χ2v) is 4.13. The molecule has 1 aliphatic rings. The van der Waals surface area contributed by atoms with Gasteiger partial charge in [0.15, 0.2) is 0 Å². The molecule has 2 rings (SSSR count). The van der Waals surface area contributed by atoms with E-state index in [2.05, 4.69) is 0 Å². The van der Waals surface area contributed by atoms with E-state index in [0.29, 0.717) is 25.2 Å². The highest BCUT2D eigenvalue weighted by molar-refractivity contribution is 5.24. The summed E-state index contributed by atoms with van der Waals surface area (Å²) in [7, 11) is 0. The predicted molar refractivity (Wildman–Crippen MR) is 54.9 cm³/mol. The van der Waals surface area contributed by atoms with Crippen LogP contribution in [0.5, 0.6) is 0 Å². The Morgan fingerprint density at radius 3 is 2.35 bits per heavy atom. The largest absolute Gasteiger partial charge is 0.385 e. The zero-order chi connectivity index (χ0) is 12.4. The lowest BCUT2D eigenvalue weighted by molar-refractivity contribution is -0.0656. The summed E-state index contributed by atoms with van der Waals surface area (Å²) >= 11 is 0. The van der Waals surface area contributed by atoms with Crippen LogP contribution >= 0.6 is 0 Å². The number of benzene rings is 1. The van der Waals surface area contributed by atoms with Gasteiger partial charge in [-0.1, -0.05) is 0 Å². The maximum atomic E-state index is 13.4. The van der Waals surface area contributed by atoms with Gasteiger partial charge < -0.3 is 9.84 Å². The molecule has 1 fully saturated rings. The van der Waals surface area contributed by atoms with Crippen LogP contribution in [0.2, 0.25) is 0 Å². The Morgan fingerprint density at radius 2 is 1.82 bits per heavy atom. The molecule has 17 heavy (non-hydrogen) atoms. The first-order chi connectivity index (χ1) is 8.09. The van der Waals surface area contributed by atoms with Gasteiger partial charge in [-0.3, -0.25) is 0 Å². The van der Waals surface area contributed by atoms with Gasteiger partial charge in [-0.25, -0.2) is 13.2 Å². The van der Waals surface area contributed by atoms with Gasteiger partial charge in [0.05, 0.1) is 11.7 Å². The highest BCUT2D eigenvalue weighted by Crippen LogP contribution is 2.30. The van der Waals surface area contributed by atoms with Crippen LogP contribution in [0.4, 0.5) is 13.2 Å². The Bertz CT molecular complexity index is 380. The fourth-order valence-corrected chi connectivity index (χ4v) is 2.04. The molecule has 0 amide bonds. The van der Waals surface area contributed by atoms with Crippen LogP contribution in [-0.2, 0) is 4.74 Å². The quantitative estimate of drug-likeness (QED) is 0.869. The van der Waals surface area contributed by atoms with Crippen LogP contribution in [0.25, 0.3) is 0 Å². The Morgan fingerprint density at radius 1 is 1.18 bits per heavy atom. The van der Waals surface area contributed by atoms with Gasteiger partial charge >= 0.3 is 0 Å². The molecular weight excluding hydrogens is 233 g/mol. The van der Waals surface area contributed by atoms with Crippen molar-refractivity contribution in [2.24, 2.45) is 0 Å². The van der Waals surface area contributed by atoms with E-state index < -0.39 is 35.2 Å². The Balaban J connectivity index is 2.26. The molecule has 2 nitrogen and oxygen atoms in total. The molecule has 0 aromatic heterocycles. The lowest BCUT2D eigenvalue weighted by atomic mass is 9.97. The SMILES string of the molecule is OC(c1c(F)cc(F)cc1F)C1CCCCO1. The van der Waals surface area contributed by atoms with E-state index in [1.165, 1.54) is 0 Å². The molecule has 0 aliphatic carbocycles. The summed E-state index contributed by atoms with van der Waals surface area (Å²) in [4.78, 5) is 0. The fourth-order valence-electron chi connectivity index (χ4n) is 2.04. The standard InChI is InChI=1S/C12H13F3O2/c13-7-5-8(14)11(9(15)6-7)12(16)10-3-1-2-4-17-10/h5-6,10,12,16H,1-4H2.